The van der Waals surface area contributed by atoms with Crippen LogP contribution in [0.15, 0.2) is 59.1 Å². The van der Waals surface area contributed by atoms with Gasteiger partial charge in [-0.05, 0) is 70.4 Å². The summed E-state index contributed by atoms with van der Waals surface area (Å²) in [5, 5.41) is 32.6. The molecule has 5 rings (SSSR count). The van der Waals surface area contributed by atoms with Crippen LogP contribution in [0.5, 0.6) is 11.5 Å². The molecule has 1 amide bonds. The minimum absolute atomic E-state index is 0.0108. The molecule has 2 aromatic rings. The lowest BCUT2D eigenvalue weighted by Crippen LogP contribution is -2.59. The van der Waals surface area contributed by atoms with Gasteiger partial charge < -0.3 is 25.8 Å². The molecule has 252 valence electrons. The number of phenolic OH excluding ortho intramolecular Hbond substituents is 1. The summed E-state index contributed by atoms with van der Waals surface area (Å²) in [5.74, 6) is -5.04. The molecule has 0 bridgehead atoms. The van der Waals surface area contributed by atoms with Crippen LogP contribution in [0.25, 0.3) is 0 Å². The van der Waals surface area contributed by atoms with Crippen LogP contribution in [0.2, 0.25) is 0 Å². The zero-order chi connectivity index (χ0) is 34.7. The number of amides is 1. The monoisotopic (exact) mass is 649 g/mol. The number of aromatic hydroxyl groups is 1. The molecule has 5 atom stereocenters. The van der Waals surface area contributed by atoms with Gasteiger partial charge in [-0.1, -0.05) is 39.0 Å². The van der Waals surface area contributed by atoms with Crippen LogP contribution < -0.4 is 10.5 Å². The fraction of sp³-hybridized carbons (Fsp3) is 0.472. The second-order valence-electron chi connectivity index (χ2n) is 14.5. The number of rotatable bonds is 8. The van der Waals surface area contributed by atoms with Crippen molar-refractivity contribution >= 4 is 17.5 Å². The summed E-state index contributed by atoms with van der Waals surface area (Å²) in [7, 11) is 5.17. The van der Waals surface area contributed by atoms with Crippen LogP contribution >= 0.6 is 0 Å². The van der Waals surface area contributed by atoms with Gasteiger partial charge in [0.2, 0.25) is 0 Å². The Morgan fingerprint density at radius 1 is 1.15 bits per heavy atom. The average molecular weight is 650 g/mol. The second kappa shape index (κ2) is 12.2. The van der Waals surface area contributed by atoms with E-state index in [-0.39, 0.29) is 65.5 Å². The molecular weight excluding hydrogens is 605 g/mol. The van der Waals surface area contributed by atoms with E-state index >= 15 is 4.39 Å². The molecule has 11 heteroatoms. The van der Waals surface area contributed by atoms with Crippen LogP contribution in [-0.2, 0) is 22.6 Å². The molecule has 0 fully saturated rings. The highest BCUT2D eigenvalue weighted by atomic mass is 19.1. The Labute approximate surface area is 274 Å². The van der Waals surface area contributed by atoms with Crippen molar-refractivity contribution < 1.29 is 38.8 Å². The number of allylic oxidation sites excluding steroid dienone is 2. The summed E-state index contributed by atoms with van der Waals surface area (Å²) in [4.78, 5) is 44.8. The molecule has 0 unspecified atom stereocenters. The van der Waals surface area contributed by atoms with Crippen LogP contribution in [-0.4, -0.2) is 82.4 Å². The molecule has 0 radical (unpaired) electrons. The number of phenols is 1. The Hall–Kier alpha value is -4.06. The zero-order valence-corrected chi connectivity index (χ0v) is 27.9. The number of ketones is 2. The summed E-state index contributed by atoms with van der Waals surface area (Å²) in [6.07, 6.45) is 0.191. The van der Waals surface area contributed by atoms with Gasteiger partial charge in [0, 0.05) is 35.2 Å². The van der Waals surface area contributed by atoms with Crippen LogP contribution in [0.1, 0.15) is 55.6 Å². The van der Waals surface area contributed by atoms with Crippen molar-refractivity contribution in [3.63, 3.8) is 0 Å². The second-order valence-corrected chi connectivity index (χ2v) is 14.5. The lowest BCUT2D eigenvalue weighted by Gasteiger charge is -2.52. The number of para-hydroxylation sites is 1. The molecule has 0 spiro atoms. The van der Waals surface area contributed by atoms with Gasteiger partial charge in [0.05, 0.1) is 23.6 Å². The molecule has 3 aliphatic carbocycles. The third kappa shape index (κ3) is 5.54. The number of nitrogens with zero attached hydrogens (tertiary/aromatic N) is 2. The van der Waals surface area contributed by atoms with Gasteiger partial charge in [-0.25, -0.2) is 4.39 Å². The number of aliphatic hydroxyl groups is 2. The first-order valence-corrected chi connectivity index (χ1v) is 15.8. The lowest BCUT2D eigenvalue weighted by atomic mass is 9.54. The van der Waals surface area contributed by atoms with Crippen LogP contribution in [0.4, 0.5) is 4.39 Å². The Bertz CT molecular complexity index is 1690. The fourth-order valence-electron chi connectivity index (χ4n) is 7.96. The molecule has 10 nitrogen and oxygen atoms in total. The van der Waals surface area contributed by atoms with Crippen molar-refractivity contribution in [1.29, 1.82) is 0 Å². The smallest absolute Gasteiger partial charge is 0.255 e. The maximum Gasteiger partial charge on any atom is 0.255 e. The maximum atomic E-state index is 16.5. The van der Waals surface area contributed by atoms with E-state index in [2.05, 4.69) is 0 Å². The van der Waals surface area contributed by atoms with E-state index in [0.717, 1.165) is 0 Å². The predicted molar refractivity (Wildman–Crippen MR) is 173 cm³/mol. The molecule has 0 aromatic heterocycles. The molecule has 0 saturated heterocycles. The number of likely N-dealkylation sites (N-methyl/N-ethyl adjacent to an activating group) is 2. The number of hydrogen-bond acceptors (Lipinski definition) is 9. The van der Waals surface area contributed by atoms with Crippen molar-refractivity contribution in [2.75, 3.05) is 27.7 Å². The molecule has 0 aliphatic heterocycles. The van der Waals surface area contributed by atoms with E-state index in [1.165, 1.54) is 6.07 Å². The number of fused-ring (bicyclic) bond motifs is 3. The van der Waals surface area contributed by atoms with Gasteiger partial charge in [-0.15, -0.1) is 0 Å². The fourth-order valence-corrected chi connectivity index (χ4v) is 7.96. The molecule has 47 heavy (non-hydrogen) atoms. The number of Topliss-reactive ketones (excluding diaryl/α,β-unsaturated/α-hetero) is 2. The number of hydrogen-bond donors (Lipinski definition) is 4. The van der Waals surface area contributed by atoms with Crippen molar-refractivity contribution in [3.8, 4) is 11.5 Å². The van der Waals surface area contributed by atoms with Gasteiger partial charge in [0.1, 0.15) is 34.4 Å². The first-order valence-electron chi connectivity index (χ1n) is 15.8. The summed E-state index contributed by atoms with van der Waals surface area (Å²) in [6.45, 7) is 7.43. The zero-order valence-electron chi connectivity index (χ0n) is 27.9. The van der Waals surface area contributed by atoms with Crippen molar-refractivity contribution in [2.24, 2.45) is 28.4 Å². The third-order valence-corrected chi connectivity index (χ3v) is 10.2. The normalized spacial score (nSPS) is 25.1. The highest BCUT2D eigenvalue weighted by molar-refractivity contribution is 6.23. The highest BCUT2D eigenvalue weighted by Gasteiger charge is 2.62. The van der Waals surface area contributed by atoms with Gasteiger partial charge >= 0.3 is 0 Å². The number of carbonyl (C=O) groups is 3. The van der Waals surface area contributed by atoms with Crippen LogP contribution in [0.3, 0.4) is 0 Å². The van der Waals surface area contributed by atoms with Gasteiger partial charge in [-0.3, -0.25) is 24.2 Å². The number of carbonyl (C=O) groups excluding carboxylic acids is 3. The van der Waals surface area contributed by atoms with E-state index in [1.54, 1.807) is 63.3 Å². The third-order valence-electron chi connectivity index (χ3n) is 10.2. The molecule has 5 N–H and O–H groups in total. The summed E-state index contributed by atoms with van der Waals surface area (Å²) in [5.41, 5.74) is 3.30. The Balaban J connectivity index is 1.71. The Morgan fingerprint density at radius 2 is 1.79 bits per heavy atom. The van der Waals surface area contributed by atoms with E-state index in [0.29, 0.717) is 5.75 Å². The number of aliphatic hydroxyl groups excluding tert-OH is 2. The Kier molecular flexibility index (Phi) is 8.89. The summed E-state index contributed by atoms with van der Waals surface area (Å²) >= 11 is 0. The first-order chi connectivity index (χ1) is 21.9. The number of benzene rings is 2. The topological polar surface area (TPSA) is 154 Å². The predicted octanol–water partition coefficient (Wildman–Crippen LogP) is 3.89. The maximum absolute atomic E-state index is 16.5. The van der Waals surface area contributed by atoms with Crippen LogP contribution in [0, 0.1) is 28.5 Å². The standard InChI is InChI=1S/C36H44FN3O7/c1-35(2,3)24(17-41)40(7)16-19-15-23(42)26-21(28(19)37)13-18-14-22-29(39(5)6)31(44)27(34(38)46)32(45)36(22,4)33(25(18)30(26)43)47-20-11-9-8-10-12-20/h8-12,15,18,22,24,29,41-42,44H,13-14,16-17H2,1-7H3,(H2,38,46)/t18-,22-,24+,29-,36-/m0/s1. The molecular formula is C36H44FN3O7. The van der Waals surface area contributed by atoms with E-state index in [4.69, 9.17) is 10.5 Å². The molecule has 0 saturated carbocycles. The van der Waals surface area contributed by atoms with Crippen molar-refractivity contribution in [2.45, 2.75) is 59.2 Å². The van der Waals surface area contributed by atoms with E-state index in [9.17, 15) is 29.7 Å². The molecule has 2 aromatic carbocycles. The molecule has 0 heterocycles. The summed E-state index contributed by atoms with van der Waals surface area (Å²) < 4.78 is 22.9. The van der Waals surface area contributed by atoms with Gasteiger partial charge in [-0.2, -0.15) is 0 Å². The number of ether oxygens (including phenoxy) is 1. The van der Waals surface area contributed by atoms with Crippen molar-refractivity contribution in [3.05, 3.63) is 81.6 Å². The van der Waals surface area contributed by atoms with E-state index < -0.39 is 63.7 Å². The lowest BCUT2D eigenvalue weighted by molar-refractivity contribution is -0.133. The average Bonchev–Trinajstić information content (AvgIpc) is 2.97. The first kappa shape index (κ1) is 34.3. The van der Waals surface area contributed by atoms with Crippen molar-refractivity contribution in [1.82, 2.24) is 9.80 Å². The Morgan fingerprint density at radius 3 is 2.34 bits per heavy atom. The highest BCUT2D eigenvalue weighted by Crippen LogP contribution is 2.57. The molecule has 3 aliphatic rings. The number of primary amides is 1. The van der Waals surface area contributed by atoms with Gasteiger partial charge in [0.15, 0.2) is 11.6 Å². The van der Waals surface area contributed by atoms with Gasteiger partial charge in [0.25, 0.3) is 5.91 Å². The quantitative estimate of drug-likeness (QED) is 0.312. The summed E-state index contributed by atoms with van der Waals surface area (Å²) in [6, 6.07) is 8.64. The largest absolute Gasteiger partial charge is 0.510 e. The minimum atomic E-state index is -1.62. The number of halogens is 1. The SMILES string of the molecule is CN(C)[C@@H]1C(O)=C(C(N)=O)C(=O)[C@@]2(C)C(Oc3ccccc3)=C3C(=O)c4c(O)cc(CN(C)[C@H](CO)C(C)(C)C)c(F)c4C[C@H]3C[C@@H]12. The number of nitrogens with two attached hydrogens (primary N) is 1. The van der Waals surface area contributed by atoms with E-state index in [1.807, 2.05) is 25.7 Å². The minimum Gasteiger partial charge on any atom is -0.510 e.